The van der Waals surface area contributed by atoms with Crippen molar-refractivity contribution >= 4 is 35.6 Å². The molecule has 0 bridgehead atoms. The van der Waals surface area contributed by atoms with E-state index in [1.807, 2.05) is 0 Å². The molecule has 4 unspecified atom stereocenters. The minimum atomic E-state index is -1.42. The maximum atomic E-state index is 12.9. The van der Waals surface area contributed by atoms with Gasteiger partial charge in [-0.3, -0.25) is 24.0 Å². The van der Waals surface area contributed by atoms with Crippen LogP contribution in [0.2, 0.25) is 0 Å². The molecule has 0 aliphatic rings. The Morgan fingerprint density at radius 1 is 0.865 bits per heavy atom. The molecule has 0 radical (unpaired) electrons. The number of nitrogens with one attached hydrogen (secondary N) is 3. The van der Waals surface area contributed by atoms with E-state index in [0.717, 1.165) is 0 Å². The molecule has 4 amide bonds. The Labute approximate surface area is 212 Å². The summed E-state index contributed by atoms with van der Waals surface area (Å²) >= 11 is 0. The van der Waals surface area contributed by atoms with Gasteiger partial charge in [0.15, 0.2) is 0 Å². The van der Waals surface area contributed by atoms with Gasteiger partial charge >= 0.3 is 11.9 Å². The summed E-state index contributed by atoms with van der Waals surface area (Å²) in [4.78, 5) is 72.0. The maximum Gasteiger partial charge on any atom is 0.326 e. The van der Waals surface area contributed by atoms with Gasteiger partial charge < -0.3 is 42.7 Å². The molecule has 14 heteroatoms. The van der Waals surface area contributed by atoms with Crippen LogP contribution in [-0.2, 0) is 35.2 Å². The Hall–Kier alpha value is -4.20. The van der Waals surface area contributed by atoms with Gasteiger partial charge in [-0.05, 0) is 30.0 Å². The van der Waals surface area contributed by atoms with Crippen LogP contribution in [0.4, 0.5) is 0 Å². The summed E-state index contributed by atoms with van der Waals surface area (Å²) in [6.07, 6.45) is -1.37. The van der Waals surface area contributed by atoms with Crippen LogP contribution in [0.15, 0.2) is 24.3 Å². The summed E-state index contributed by atoms with van der Waals surface area (Å²) in [6.45, 7) is 3.17. The molecule has 0 saturated carbocycles. The first-order valence-electron chi connectivity index (χ1n) is 11.4. The van der Waals surface area contributed by atoms with Gasteiger partial charge in [0, 0.05) is 12.8 Å². The van der Waals surface area contributed by atoms with E-state index in [0.29, 0.717) is 5.56 Å². The first kappa shape index (κ1) is 30.8. The van der Waals surface area contributed by atoms with Crippen LogP contribution in [0.1, 0.15) is 38.7 Å². The van der Waals surface area contributed by atoms with Crippen LogP contribution in [0.3, 0.4) is 0 Å². The lowest BCUT2D eigenvalue weighted by Crippen LogP contribution is -2.58. The van der Waals surface area contributed by atoms with Crippen LogP contribution >= 0.6 is 0 Å². The lowest BCUT2D eigenvalue weighted by molar-refractivity contribution is -0.142. The van der Waals surface area contributed by atoms with Crippen molar-refractivity contribution in [2.24, 2.45) is 17.4 Å². The number of hydrogen-bond donors (Lipinski definition) is 8. The number of carboxylic acids is 2. The fraction of sp³-hybridized carbons (Fsp3) is 0.478. The molecule has 0 saturated heterocycles. The van der Waals surface area contributed by atoms with Crippen molar-refractivity contribution in [2.75, 3.05) is 0 Å². The van der Waals surface area contributed by atoms with Crippen LogP contribution in [-0.4, -0.2) is 75.1 Å². The van der Waals surface area contributed by atoms with E-state index in [-0.39, 0.29) is 25.0 Å². The number of phenols is 1. The van der Waals surface area contributed by atoms with Crippen molar-refractivity contribution < 1.29 is 44.1 Å². The number of phenolic OH excluding ortho intramolecular Hbond substituents is 1. The van der Waals surface area contributed by atoms with E-state index in [1.54, 1.807) is 13.8 Å². The zero-order chi connectivity index (χ0) is 28.3. The van der Waals surface area contributed by atoms with Crippen LogP contribution in [0.25, 0.3) is 0 Å². The Bertz CT molecular complexity index is 997. The van der Waals surface area contributed by atoms with E-state index in [2.05, 4.69) is 16.0 Å². The van der Waals surface area contributed by atoms with Crippen LogP contribution in [0, 0.1) is 5.92 Å². The van der Waals surface area contributed by atoms with Gasteiger partial charge in [0.25, 0.3) is 0 Å². The summed E-state index contributed by atoms with van der Waals surface area (Å²) in [5.41, 5.74) is 11.2. The monoisotopic (exact) mass is 523 g/mol. The van der Waals surface area contributed by atoms with E-state index in [9.17, 15) is 39.0 Å². The first-order chi connectivity index (χ1) is 17.2. The highest BCUT2D eigenvalue weighted by molar-refractivity contribution is 5.95. The number of carboxylic acid groups (broad SMARTS) is 2. The standard InChI is InChI=1S/C23H33N5O9/c1-11(2)19(28-20(33)14(24)10-18(31)32)22(35)26-15(7-8-17(25)30)21(34)27-16(23(36)37)9-12-3-5-13(29)6-4-12/h3-6,11,14-16,19,29H,7-10,24H2,1-2H3,(H2,25,30)(H,26,35)(H,27,34)(H,28,33)(H,31,32)(H,36,37). The van der Waals surface area contributed by atoms with E-state index in [4.69, 9.17) is 16.6 Å². The number of hydrogen-bond acceptors (Lipinski definition) is 8. The molecule has 1 rings (SSSR count). The maximum absolute atomic E-state index is 12.9. The Morgan fingerprint density at radius 2 is 1.43 bits per heavy atom. The van der Waals surface area contributed by atoms with Crippen molar-refractivity contribution in [1.29, 1.82) is 0 Å². The van der Waals surface area contributed by atoms with Crippen molar-refractivity contribution in [3.8, 4) is 5.75 Å². The van der Waals surface area contributed by atoms with Crippen molar-refractivity contribution in [2.45, 2.75) is 63.7 Å². The number of carbonyl (C=O) groups excluding carboxylic acids is 4. The number of aromatic hydroxyl groups is 1. The number of nitrogens with two attached hydrogens (primary N) is 2. The van der Waals surface area contributed by atoms with Crippen LogP contribution in [0.5, 0.6) is 5.75 Å². The second kappa shape index (κ2) is 14.4. The topological polar surface area (TPSA) is 251 Å². The highest BCUT2D eigenvalue weighted by Crippen LogP contribution is 2.12. The summed E-state index contributed by atoms with van der Waals surface area (Å²) in [5.74, 6) is -6.60. The van der Waals surface area contributed by atoms with Gasteiger partial charge in [0.1, 0.15) is 23.9 Å². The molecular formula is C23H33N5O9. The van der Waals surface area contributed by atoms with Gasteiger partial charge in [0.2, 0.25) is 23.6 Å². The van der Waals surface area contributed by atoms with Crippen molar-refractivity contribution in [3.05, 3.63) is 29.8 Å². The summed E-state index contributed by atoms with van der Waals surface area (Å²) in [5, 5.41) is 34.8. The van der Waals surface area contributed by atoms with Crippen LogP contribution < -0.4 is 27.4 Å². The third-order valence-corrected chi connectivity index (χ3v) is 5.28. The third-order valence-electron chi connectivity index (χ3n) is 5.28. The molecule has 0 heterocycles. The van der Waals surface area contributed by atoms with Gasteiger partial charge in [-0.15, -0.1) is 0 Å². The lowest BCUT2D eigenvalue weighted by Gasteiger charge is -2.26. The van der Waals surface area contributed by atoms with Gasteiger partial charge in [-0.1, -0.05) is 26.0 Å². The molecule has 204 valence electrons. The number of aliphatic carboxylic acids is 2. The number of carbonyl (C=O) groups is 6. The molecular weight excluding hydrogens is 490 g/mol. The zero-order valence-corrected chi connectivity index (χ0v) is 20.5. The molecule has 4 atom stereocenters. The molecule has 0 aliphatic carbocycles. The Morgan fingerprint density at radius 3 is 1.92 bits per heavy atom. The minimum absolute atomic E-state index is 0.0235. The Kier molecular flexibility index (Phi) is 12.0. The molecule has 10 N–H and O–H groups in total. The fourth-order valence-electron chi connectivity index (χ4n) is 3.23. The quantitative estimate of drug-likeness (QED) is 0.128. The number of rotatable bonds is 15. The molecule has 1 aromatic carbocycles. The van der Waals surface area contributed by atoms with E-state index >= 15 is 0 Å². The predicted octanol–water partition coefficient (Wildman–Crippen LogP) is -1.80. The third kappa shape index (κ3) is 10.9. The molecule has 1 aromatic rings. The van der Waals surface area contributed by atoms with Crippen molar-refractivity contribution in [1.82, 2.24) is 16.0 Å². The zero-order valence-electron chi connectivity index (χ0n) is 20.5. The molecule has 0 aliphatic heterocycles. The second-order valence-electron chi connectivity index (χ2n) is 8.77. The first-order valence-corrected chi connectivity index (χ1v) is 11.4. The lowest BCUT2D eigenvalue weighted by atomic mass is 10.0. The average Bonchev–Trinajstić information content (AvgIpc) is 2.79. The van der Waals surface area contributed by atoms with Gasteiger partial charge in [-0.2, -0.15) is 0 Å². The van der Waals surface area contributed by atoms with Gasteiger partial charge in [0.05, 0.1) is 12.5 Å². The Balaban J connectivity index is 3.03. The number of amides is 4. The number of primary amides is 1. The summed E-state index contributed by atoms with van der Waals surface area (Å²) < 4.78 is 0. The minimum Gasteiger partial charge on any atom is -0.508 e. The largest absolute Gasteiger partial charge is 0.508 e. The predicted molar refractivity (Wildman–Crippen MR) is 129 cm³/mol. The smallest absolute Gasteiger partial charge is 0.326 e. The van der Waals surface area contributed by atoms with E-state index < -0.39 is 72.1 Å². The summed E-state index contributed by atoms with van der Waals surface area (Å²) in [7, 11) is 0. The fourth-order valence-corrected chi connectivity index (χ4v) is 3.23. The highest BCUT2D eigenvalue weighted by atomic mass is 16.4. The van der Waals surface area contributed by atoms with Crippen molar-refractivity contribution in [3.63, 3.8) is 0 Å². The SMILES string of the molecule is CC(C)C(NC(=O)C(N)CC(=O)O)C(=O)NC(CCC(N)=O)C(=O)NC(Cc1ccc(O)cc1)C(=O)O. The van der Waals surface area contributed by atoms with Gasteiger partial charge in [-0.25, -0.2) is 4.79 Å². The second-order valence-corrected chi connectivity index (χ2v) is 8.77. The normalized spacial score (nSPS) is 14.1. The molecule has 0 spiro atoms. The summed E-state index contributed by atoms with van der Waals surface area (Å²) in [6, 6.07) is 0.250. The molecule has 0 fully saturated rings. The average molecular weight is 524 g/mol. The molecule has 14 nitrogen and oxygen atoms in total. The highest BCUT2D eigenvalue weighted by Gasteiger charge is 2.32. The molecule has 37 heavy (non-hydrogen) atoms. The number of benzene rings is 1. The molecule has 0 aromatic heterocycles. The van der Waals surface area contributed by atoms with E-state index in [1.165, 1.54) is 24.3 Å².